The first-order chi connectivity index (χ1) is 9.05. The van der Waals surface area contributed by atoms with Crippen LogP contribution < -0.4 is 0 Å². The highest BCUT2D eigenvalue weighted by Crippen LogP contribution is 2.33. The molecule has 1 unspecified atom stereocenters. The summed E-state index contributed by atoms with van der Waals surface area (Å²) in [6, 6.07) is 0. The van der Waals surface area contributed by atoms with Gasteiger partial charge in [-0.3, -0.25) is 14.3 Å². The average Bonchev–Trinajstić information content (AvgIpc) is 2.25. The van der Waals surface area contributed by atoms with Gasteiger partial charge in [0.1, 0.15) is 0 Å². The lowest BCUT2D eigenvalue weighted by atomic mass is 9.77. The minimum Gasteiger partial charge on any atom is -0.480 e. The first kappa shape index (κ1) is 18.7. The number of halogens is 3. The second-order valence-electron chi connectivity index (χ2n) is 4.75. The molecule has 0 saturated carbocycles. The quantitative estimate of drug-likeness (QED) is 0.551. The first-order valence-electron chi connectivity index (χ1n) is 6.16. The van der Waals surface area contributed by atoms with Crippen molar-refractivity contribution in [3.63, 3.8) is 0 Å². The van der Waals surface area contributed by atoms with Crippen molar-refractivity contribution in [2.24, 2.45) is 11.3 Å². The first-order valence-corrected chi connectivity index (χ1v) is 6.16. The van der Waals surface area contributed by atoms with Gasteiger partial charge in [-0.15, -0.1) is 13.2 Å². The summed E-state index contributed by atoms with van der Waals surface area (Å²) in [6.07, 6.45) is -5.59. The van der Waals surface area contributed by atoms with Gasteiger partial charge < -0.3 is 9.84 Å². The molecule has 20 heavy (non-hydrogen) atoms. The van der Waals surface area contributed by atoms with Gasteiger partial charge in [-0.2, -0.15) is 0 Å². The highest BCUT2D eigenvalue weighted by atomic mass is 19.4. The van der Waals surface area contributed by atoms with E-state index in [0.29, 0.717) is 0 Å². The van der Waals surface area contributed by atoms with Gasteiger partial charge in [0, 0.05) is 0 Å². The lowest BCUT2D eigenvalue weighted by Gasteiger charge is -2.28. The molecule has 0 aromatic heterocycles. The maximum atomic E-state index is 12.0. The molecule has 8 heteroatoms. The average molecular weight is 300 g/mol. The van der Waals surface area contributed by atoms with Crippen molar-refractivity contribution in [2.75, 3.05) is 13.2 Å². The largest absolute Gasteiger partial charge is 0.522 e. The summed E-state index contributed by atoms with van der Waals surface area (Å²) in [5, 5.41) is 9.26. The number of aliphatic carboxylic acids is 1. The standard InChI is InChI=1S/C12H19F3O5/c1-4-19-10(18)11(9(16)17,7-8(2)3)5-6-20-12(13,14)15/h8H,4-7H2,1-3H3,(H,16,17). The number of ether oxygens (including phenoxy) is 2. The van der Waals surface area contributed by atoms with Crippen LogP contribution in [0.1, 0.15) is 33.6 Å². The molecule has 118 valence electrons. The Bertz CT molecular complexity index is 340. The Morgan fingerprint density at radius 3 is 2.15 bits per heavy atom. The zero-order valence-electron chi connectivity index (χ0n) is 11.6. The number of carbonyl (C=O) groups is 2. The molecular weight excluding hydrogens is 281 g/mol. The molecule has 0 saturated heterocycles. The lowest BCUT2D eigenvalue weighted by molar-refractivity contribution is -0.326. The molecular formula is C12H19F3O5. The molecule has 1 N–H and O–H groups in total. The van der Waals surface area contributed by atoms with Gasteiger partial charge in [-0.25, -0.2) is 0 Å². The second-order valence-corrected chi connectivity index (χ2v) is 4.75. The summed E-state index contributed by atoms with van der Waals surface area (Å²) < 4.78 is 44.1. The molecule has 0 aliphatic carbocycles. The van der Waals surface area contributed by atoms with E-state index in [1.807, 2.05) is 0 Å². The summed E-state index contributed by atoms with van der Waals surface area (Å²) in [4.78, 5) is 23.2. The number of carbonyl (C=O) groups excluding carboxylic acids is 1. The summed E-state index contributed by atoms with van der Waals surface area (Å²) in [7, 11) is 0. The maximum absolute atomic E-state index is 12.0. The predicted octanol–water partition coefficient (Wildman–Crippen LogP) is 2.59. The van der Waals surface area contributed by atoms with Crippen molar-refractivity contribution in [2.45, 2.75) is 40.0 Å². The van der Waals surface area contributed by atoms with Crippen molar-refractivity contribution in [3.8, 4) is 0 Å². The smallest absolute Gasteiger partial charge is 0.480 e. The van der Waals surface area contributed by atoms with Gasteiger partial charge in [0.15, 0.2) is 5.41 Å². The zero-order chi connectivity index (χ0) is 16.0. The molecule has 0 aromatic rings. The maximum Gasteiger partial charge on any atom is 0.522 e. The van der Waals surface area contributed by atoms with Crippen molar-refractivity contribution in [1.29, 1.82) is 0 Å². The lowest BCUT2D eigenvalue weighted by Crippen LogP contribution is -2.43. The van der Waals surface area contributed by atoms with Crippen LogP contribution in [0.15, 0.2) is 0 Å². The minimum atomic E-state index is -4.86. The molecule has 0 radical (unpaired) electrons. The van der Waals surface area contributed by atoms with Crippen LogP contribution in [0.25, 0.3) is 0 Å². The number of esters is 1. The predicted molar refractivity (Wildman–Crippen MR) is 62.8 cm³/mol. The van der Waals surface area contributed by atoms with E-state index >= 15 is 0 Å². The Balaban J connectivity index is 5.09. The molecule has 0 amide bonds. The van der Waals surface area contributed by atoms with E-state index < -0.39 is 36.7 Å². The van der Waals surface area contributed by atoms with E-state index in [4.69, 9.17) is 4.74 Å². The Labute approximate surface area is 115 Å². The third-order valence-corrected chi connectivity index (χ3v) is 2.63. The van der Waals surface area contributed by atoms with E-state index in [2.05, 4.69) is 4.74 Å². The van der Waals surface area contributed by atoms with Gasteiger partial charge in [-0.1, -0.05) is 13.8 Å². The van der Waals surface area contributed by atoms with Crippen LogP contribution in [-0.4, -0.2) is 36.6 Å². The van der Waals surface area contributed by atoms with Gasteiger partial charge in [0.05, 0.1) is 13.2 Å². The number of carboxylic acid groups (broad SMARTS) is 1. The molecule has 0 spiro atoms. The molecule has 5 nitrogen and oxygen atoms in total. The van der Waals surface area contributed by atoms with Crippen LogP contribution in [0, 0.1) is 11.3 Å². The van der Waals surface area contributed by atoms with Crippen LogP contribution in [0.3, 0.4) is 0 Å². The Hall–Kier alpha value is -1.31. The topological polar surface area (TPSA) is 72.8 Å². The van der Waals surface area contributed by atoms with Gasteiger partial charge in [-0.05, 0) is 25.7 Å². The Morgan fingerprint density at radius 2 is 1.80 bits per heavy atom. The SMILES string of the molecule is CCOC(=O)C(CCOC(F)(F)F)(CC(C)C)C(=O)O. The fraction of sp³-hybridized carbons (Fsp3) is 0.833. The summed E-state index contributed by atoms with van der Waals surface area (Å²) >= 11 is 0. The molecule has 0 heterocycles. The van der Waals surface area contributed by atoms with Crippen LogP contribution in [0.4, 0.5) is 13.2 Å². The summed E-state index contributed by atoms with van der Waals surface area (Å²) in [5.74, 6) is -2.75. The van der Waals surface area contributed by atoms with Crippen LogP contribution in [0.5, 0.6) is 0 Å². The highest BCUT2D eigenvalue weighted by molar-refractivity contribution is 5.99. The Kier molecular flexibility index (Phi) is 6.98. The van der Waals surface area contributed by atoms with Crippen LogP contribution in [-0.2, 0) is 19.1 Å². The van der Waals surface area contributed by atoms with Crippen LogP contribution >= 0.6 is 0 Å². The molecule has 0 bridgehead atoms. The van der Waals surface area contributed by atoms with Gasteiger partial charge in [0.2, 0.25) is 0 Å². The molecule has 0 aliphatic rings. The zero-order valence-corrected chi connectivity index (χ0v) is 11.6. The van der Waals surface area contributed by atoms with Crippen molar-refractivity contribution < 1.29 is 37.3 Å². The van der Waals surface area contributed by atoms with E-state index in [1.165, 1.54) is 6.92 Å². The number of hydrogen-bond donors (Lipinski definition) is 1. The molecule has 0 aromatic carbocycles. The monoisotopic (exact) mass is 300 g/mol. The van der Waals surface area contributed by atoms with Gasteiger partial charge >= 0.3 is 18.3 Å². The van der Waals surface area contributed by atoms with Gasteiger partial charge in [0.25, 0.3) is 0 Å². The summed E-state index contributed by atoms with van der Waals surface area (Å²) in [5.41, 5.74) is -2.02. The molecule has 0 aliphatic heterocycles. The van der Waals surface area contributed by atoms with Crippen molar-refractivity contribution in [1.82, 2.24) is 0 Å². The third kappa shape index (κ3) is 5.77. The number of hydrogen-bond acceptors (Lipinski definition) is 4. The van der Waals surface area contributed by atoms with Crippen LogP contribution in [0.2, 0.25) is 0 Å². The van der Waals surface area contributed by atoms with E-state index in [-0.39, 0.29) is 18.9 Å². The molecule has 0 rings (SSSR count). The summed E-state index contributed by atoms with van der Waals surface area (Å²) in [6.45, 7) is 3.86. The van der Waals surface area contributed by atoms with Crippen molar-refractivity contribution >= 4 is 11.9 Å². The number of alkyl halides is 3. The van der Waals surface area contributed by atoms with Crippen molar-refractivity contribution in [3.05, 3.63) is 0 Å². The second kappa shape index (κ2) is 7.47. The molecule has 1 atom stereocenters. The number of rotatable bonds is 8. The fourth-order valence-electron chi connectivity index (χ4n) is 1.88. The minimum absolute atomic E-state index is 0.0495. The number of carboxylic acids is 1. The van der Waals surface area contributed by atoms with E-state index in [1.54, 1.807) is 13.8 Å². The van der Waals surface area contributed by atoms with E-state index in [0.717, 1.165) is 0 Å². The normalized spacial score (nSPS) is 14.9. The fourth-order valence-corrected chi connectivity index (χ4v) is 1.88. The third-order valence-electron chi connectivity index (χ3n) is 2.63. The molecule has 0 fully saturated rings. The Morgan fingerprint density at radius 1 is 1.25 bits per heavy atom. The highest BCUT2D eigenvalue weighted by Gasteiger charge is 2.48. The van der Waals surface area contributed by atoms with E-state index in [9.17, 15) is 27.9 Å².